The molecule has 0 spiro atoms. The van der Waals surface area contributed by atoms with Gasteiger partial charge in [0.2, 0.25) is 0 Å². The summed E-state index contributed by atoms with van der Waals surface area (Å²) in [4.78, 5) is 4.48. The van der Waals surface area contributed by atoms with Gasteiger partial charge in [-0.25, -0.2) is 0 Å². The molecule has 1 aromatic heterocycles. The molecule has 0 saturated heterocycles. The van der Waals surface area contributed by atoms with E-state index in [0.717, 1.165) is 17.1 Å². The highest BCUT2D eigenvalue weighted by Crippen LogP contribution is 2.22. The van der Waals surface area contributed by atoms with Crippen LogP contribution in [-0.4, -0.2) is 4.98 Å². The fraction of sp³-hybridized carbons (Fsp3) is 0.154. The first kappa shape index (κ1) is 9.71. The number of nitrogen functional groups attached to an aromatic ring is 1. The summed E-state index contributed by atoms with van der Waals surface area (Å²) in [7, 11) is 0. The Hall–Kier alpha value is -1.83. The predicted molar refractivity (Wildman–Crippen MR) is 63.6 cm³/mol. The monoisotopic (exact) mass is 198 g/mol. The highest BCUT2D eigenvalue weighted by atomic mass is 14.7. The van der Waals surface area contributed by atoms with Crippen LogP contribution in [0.15, 0.2) is 36.4 Å². The fourth-order valence-electron chi connectivity index (χ4n) is 1.58. The maximum Gasteiger partial charge on any atom is 0.0709 e. The molecule has 0 amide bonds. The summed E-state index contributed by atoms with van der Waals surface area (Å²) in [6.45, 7) is 4.01. The molecular formula is C13H14N2. The van der Waals surface area contributed by atoms with E-state index >= 15 is 0 Å². The van der Waals surface area contributed by atoms with Gasteiger partial charge in [-0.1, -0.05) is 24.3 Å². The van der Waals surface area contributed by atoms with Crippen LogP contribution in [0.3, 0.4) is 0 Å². The summed E-state index contributed by atoms with van der Waals surface area (Å²) < 4.78 is 0. The van der Waals surface area contributed by atoms with Crippen molar-refractivity contribution in [3.63, 3.8) is 0 Å². The molecule has 0 atom stereocenters. The molecule has 0 fully saturated rings. The number of rotatable bonds is 1. The first-order valence-electron chi connectivity index (χ1n) is 4.97. The summed E-state index contributed by atoms with van der Waals surface area (Å²) in [6.07, 6.45) is 0. The van der Waals surface area contributed by atoms with Crippen LogP contribution < -0.4 is 5.73 Å². The van der Waals surface area contributed by atoms with Crippen molar-refractivity contribution in [1.29, 1.82) is 0 Å². The van der Waals surface area contributed by atoms with Gasteiger partial charge in [0.15, 0.2) is 0 Å². The zero-order valence-corrected chi connectivity index (χ0v) is 8.99. The van der Waals surface area contributed by atoms with Crippen LogP contribution in [0.4, 0.5) is 5.69 Å². The van der Waals surface area contributed by atoms with Crippen molar-refractivity contribution in [3.8, 4) is 11.3 Å². The standard InChI is InChI=1S/C13H14N2/c1-9-5-3-4-6-11(9)13-8-7-12(14)10(2)15-13/h3-8H,14H2,1-2H3. The lowest BCUT2D eigenvalue weighted by Crippen LogP contribution is -1.95. The average molecular weight is 198 g/mol. The van der Waals surface area contributed by atoms with Gasteiger partial charge in [-0.15, -0.1) is 0 Å². The number of nitrogens with two attached hydrogens (primary N) is 1. The Bertz CT molecular complexity index is 490. The molecule has 2 N–H and O–H groups in total. The molecule has 0 aliphatic carbocycles. The maximum absolute atomic E-state index is 5.74. The van der Waals surface area contributed by atoms with Crippen LogP contribution in [0.1, 0.15) is 11.3 Å². The molecule has 15 heavy (non-hydrogen) atoms. The molecule has 0 unspecified atom stereocenters. The largest absolute Gasteiger partial charge is 0.397 e. The van der Waals surface area contributed by atoms with Crippen molar-refractivity contribution in [3.05, 3.63) is 47.7 Å². The summed E-state index contributed by atoms with van der Waals surface area (Å²) in [5.41, 5.74) is 10.8. The second kappa shape index (κ2) is 3.73. The van der Waals surface area contributed by atoms with Gasteiger partial charge >= 0.3 is 0 Å². The number of aromatic nitrogens is 1. The Morgan fingerprint density at radius 3 is 2.40 bits per heavy atom. The summed E-state index contributed by atoms with van der Waals surface area (Å²) in [5.74, 6) is 0. The summed E-state index contributed by atoms with van der Waals surface area (Å²) in [6, 6.07) is 12.1. The lowest BCUT2D eigenvalue weighted by molar-refractivity contribution is 1.20. The SMILES string of the molecule is Cc1ccccc1-c1ccc(N)c(C)n1. The molecule has 0 radical (unpaired) electrons. The van der Waals surface area contributed by atoms with Gasteiger partial charge in [0.1, 0.15) is 0 Å². The van der Waals surface area contributed by atoms with Crippen molar-refractivity contribution < 1.29 is 0 Å². The van der Waals surface area contributed by atoms with Crippen LogP contribution >= 0.6 is 0 Å². The van der Waals surface area contributed by atoms with Crippen LogP contribution in [0, 0.1) is 13.8 Å². The van der Waals surface area contributed by atoms with E-state index in [0.29, 0.717) is 0 Å². The number of aryl methyl sites for hydroxylation is 2. The van der Waals surface area contributed by atoms with Crippen molar-refractivity contribution in [2.75, 3.05) is 5.73 Å². The van der Waals surface area contributed by atoms with Crippen LogP contribution in [0.5, 0.6) is 0 Å². The third kappa shape index (κ3) is 1.84. The summed E-state index contributed by atoms with van der Waals surface area (Å²) >= 11 is 0. The summed E-state index contributed by atoms with van der Waals surface area (Å²) in [5, 5.41) is 0. The second-order valence-corrected chi connectivity index (χ2v) is 3.69. The zero-order chi connectivity index (χ0) is 10.8. The minimum absolute atomic E-state index is 0.743. The smallest absolute Gasteiger partial charge is 0.0709 e. The van der Waals surface area contributed by atoms with Crippen molar-refractivity contribution in [2.24, 2.45) is 0 Å². The second-order valence-electron chi connectivity index (χ2n) is 3.69. The first-order valence-corrected chi connectivity index (χ1v) is 4.97. The lowest BCUT2D eigenvalue weighted by Gasteiger charge is -2.06. The van der Waals surface area contributed by atoms with Gasteiger partial charge in [0.05, 0.1) is 17.1 Å². The molecule has 1 aromatic carbocycles. The van der Waals surface area contributed by atoms with E-state index in [2.05, 4.69) is 24.0 Å². The third-order valence-electron chi connectivity index (χ3n) is 2.55. The average Bonchev–Trinajstić information content (AvgIpc) is 2.23. The van der Waals surface area contributed by atoms with Gasteiger partial charge in [-0.05, 0) is 31.5 Å². The number of hydrogen-bond acceptors (Lipinski definition) is 2. The molecule has 2 rings (SSSR count). The molecule has 0 aliphatic rings. The van der Waals surface area contributed by atoms with E-state index in [1.807, 2.05) is 31.2 Å². The normalized spacial score (nSPS) is 10.3. The van der Waals surface area contributed by atoms with E-state index in [1.54, 1.807) is 0 Å². The molecular weight excluding hydrogens is 184 g/mol. The molecule has 2 aromatic rings. The maximum atomic E-state index is 5.74. The van der Waals surface area contributed by atoms with Crippen LogP contribution in [0.25, 0.3) is 11.3 Å². The highest BCUT2D eigenvalue weighted by Gasteiger charge is 2.03. The number of anilines is 1. The van der Waals surface area contributed by atoms with E-state index in [9.17, 15) is 0 Å². The molecule has 0 saturated carbocycles. The number of benzene rings is 1. The lowest BCUT2D eigenvalue weighted by atomic mass is 10.1. The molecule has 0 aliphatic heterocycles. The minimum Gasteiger partial charge on any atom is -0.397 e. The topological polar surface area (TPSA) is 38.9 Å². The number of hydrogen-bond donors (Lipinski definition) is 1. The molecule has 2 heteroatoms. The predicted octanol–water partition coefficient (Wildman–Crippen LogP) is 2.95. The minimum atomic E-state index is 0.743. The highest BCUT2D eigenvalue weighted by molar-refractivity contribution is 5.65. The molecule has 76 valence electrons. The van der Waals surface area contributed by atoms with Crippen LogP contribution in [0.2, 0.25) is 0 Å². The van der Waals surface area contributed by atoms with E-state index in [-0.39, 0.29) is 0 Å². The number of pyridine rings is 1. The Morgan fingerprint density at radius 1 is 1.00 bits per heavy atom. The van der Waals surface area contributed by atoms with E-state index in [1.165, 1.54) is 11.1 Å². The van der Waals surface area contributed by atoms with Gasteiger partial charge in [0.25, 0.3) is 0 Å². The van der Waals surface area contributed by atoms with E-state index in [4.69, 9.17) is 5.73 Å². The Kier molecular flexibility index (Phi) is 2.42. The fourth-order valence-corrected chi connectivity index (χ4v) is 1.58. The zero-order valence-electron chi connectivity index (χ0n) is 8.99. The van der Waals surface area contributed by atoms with Gasteiger partial charge in [-0.3, -0.25) is 4.98 Å². The number of nitrogens with zero attached hydrogens (tertiary/aromatic N) is 1. The van der Waals surface area contributed by atoms with Crippen LogP contribution in [-0.2, 0) is 0 Å². The third-order valence-corrected chi connectivity index (χ3v) is 2.55. The van der Waals surface area contributed by atoms with Crippen molar-refractivity contribution in [1.82, 2.24) is 4.98 Å². The van der Waals surface area contributed by atoms with Gasteiger partial charge < -0.3 is 5.73 Å². The molecule has 2 nitrogen and oxygen atoms in total. The van der Waals surface area contributed by atoms with Gasteiger partial charge in [-0.2, -0.15) is 0 Å². The van der Waals surface area contributed by atoms with Crippen molar-refractivity contribution >= 4 is 5.69 Å². The Balaban J connectivity index is 2.55. The van der Waals surface area contributed by atoms with E-state index < -0.39 is 0 Å². The van der Waals surface area contributed by atoms with Crippen molar-refractivity contribution in [2.45, 2.75) is 13.8 Å². The Labute approximate surface area is 89.8 Å². The quantitative estimate of drug-likeness (QED) is 0.765. The molecule has 1 heterocycles. The Morgan fingerprint density at radius 2 is 1.73 bits per heavy atom. The molecule has 0 bridgehead atoms. The first-order chi connectivity index (χ1) is 7.18. The van der Waals surface area contributed by atoms with Gasteiger partial charge in [0, 0.05) is 5.56 Å².